The standard InChI is InChI=1S/C14H16N4S2/c1-10-12(20-9-16-10)7-17-3-2-11(6-17)13-14-18(8-15-13)4-5-19-14/h4-5,8-9,11H,2-3,6-7H2,1H3/t11-/m0/s1. The fourth-order valence-electron chi connectivity index (χ4n) is 2.91. The fourth-order valence-corrected chi connectivity index (χ4v) is 4.62. The highest BCUT2D eigenvalue weighted by Crippen LogP contribution is 2.32. The molecule has 4 heterocycles. The lowest BCUT2D eigenvalue weighted by atomic mass is 10.1. The first kappa shape index (κ1) is 12.5. The van der Waals surface area contributed by atoms with E-state index in [1.165, 1.54) is 27.5 Å². The molecular formula is C14H16N4S2. The maximum atomic E-state index is 4.62. The van der Waals surface area contributed by atoms with Gasteiger partial charge in [0.15, 0.2) is 0 Å². The smallest absolute Gasteiger partial charge is 0.123 e. The summed E-state index contributed by atoms with van der Waals surface area (Å²) in [4.78, 5) is 14.2. The second kappa shape index (κ2) is 4.95. The number of hydrogen-bond donors (Lipinski definition) is 0. The number of aromatic nitrogens is 3. The summed E-state index contributed by atoms with van der Waals surface area (Å²) in [5.74, 6) is 0.576. The normalized spacial score (nSPS) is 20.1. The van der Waals surface area contributed by atoms with Crippen LogP contribution in [0.2, 0.25) is 0 Å². The number of rotatable bonds is 3. The van der Waals surface area contributed by atoms with Crippen molar-refractivity contribution in [1.82, 2.24) is 19.3 Å². The fraction of sp³-hybridized carbons (Fsp3) is 0.429. The molecule has 0 saturated carbocycles. The maximum Gasteiger partial charge on any atom is 0.123 e. The largest absolute Gasteiger partial charge is 0.298 e. The first-order valence-electron chi connectivity index (χ1n) is 6.82. The van der Waals surface area contributed by atoms with E-state index in [9.17, 15) is 0 Å². The number of imidazole rings is 1. The van der Waals surface area contributed by atoms with E-state index < -0.39 is 0 Å². The van der Waals surface area contributed by atoms with E-state index in [4.69, 9.17) is 0 Å². The Kier molecular flexibility index (Phi) is 3.09. The molecule has 0 bridgehead atoms. The Morgan fingerprint density at radius 1 is 1.35 bits per heavy atom. The van der Waals surface area contributed by atoms with Gasteiger partial charge in [0, 0.05) is 35.5 Å². The number of hydrogen-bond acceptors (Lipinski definition) is 5. The molecule has 1 fully saturated rings. The molecule has 3 aromatic rings. The van der Waals surface area contributed by atoms with Crippen LogP contribution >= 0.6 is 22.7 Å². The van der Waals surface area contributed by atoms with Gasteiger partial charge in [-0.15, -0.1) is 22.7 Å². The molecule has 4 rings (SSSR count). The zero-order valence-corrected chi connectivity index (χ0v) is 13.0. The van der Waals surface area contributed by atoms with Gasteiger partial charge in [-0.05, 0) is 19.9 Å². The van der Waals surface area contributed by atoms with Crippen LogP contribution in [0.25, 0.3) is 4.83 Å². The van der Waals surface area contributed by atoms with Crippen molar-refractivity contribution in [3.8, 4) is 0 Å². The monoisotopic (exact) mass is 304 g/mol. The zero-order valence-electron chi connectivity index (χ0n) is 11.3. The van der Waals surface area contributed by atoms with Crippen LogP contribution in [0.5, 0.6) is 0 Å². The van der Waals surface area contributed by atoms with Crippen molar-refractivity contribution < 1.29 is 0 Å². The first-order valence-corrected chi connectivity index (χ1v) is 8.58. The molecule has 1 aliphatic rings. The first-order chi connectivity index (χ1) is 9.81. The van der Waals surface area contributed by atoms with E-state index in [-0.39, 0.29) is 0 Å². The van der Waals surface area contributed by atoms with Gasteiger partial charge in [0.1, 0.15) is 11.2 Å². The summed E-state index contributed by atoms with van der Waals surface area (Å²) < 4.78 is 2.13. The summed E-state index contributed by atoms with van der Waals surface area (Å²) in [7, 11) is 0. The van der Waals surface area contributed by atoms with E-state index in [2.05, 4.69) is 37.8 Å². The highest BCUT2D eigenvalue weighted by Gasteiger charge is 2.27. The lowest BCUT2D eigenvalue weighted by molar-refractivity contribution is 0.328. The van der Waals surface area contributed by atoms with Crippen molar-refractivity contribution in [3.05, 3.63) is 39.7 Å². The maximum absolute atomic E-state index is 4.62. The third-order valence-electron chi connectivity index (χ3n) is 4.05. The van der Waals surface area contributed by atoms with Crippen LogP contribution in [0.15, 0.2) is 23.4 Å². The molecule has 6 heteroatoms. The van der Waals surface area contributed by atoms with Gasteiger partial charge in [-0.25, -0.2) is 9.97 Å². The van der Waals surface area contributed by atoms with Crippen LogP contribution in [0.3, 0.4) is 0 Å². The molecule has 0 radical (unpaired) electrons. The van der Waals surface area contributed by atoms with Gasteiger partial charge in [0.05, 0.1) is 16.9 Å². The third kappa shape index (κ3) is 2.08. The second-order valence-corrected chi connectivity index (χ2v) is 7.16. The number of aryl methyl sites for hydroxylation is 1. The summed E-state index contributed by atoms with van der Waals surface area (Å²) in [5.41, 5.74) is 4.41. The minimum absolute atomic E-state index is 0.576. The Bertz CT molecular complexity index is 726. The van der Waals surface area contributed by atoms with Crippen molar-refractivity contribution in [2.75, 3.05) is 13.1 Å². The molecule has 1 saturated heterocycles. The molecule has 3 aromatic heterocycles. The highest BCUT2D eigenvalue weighted by atomic mass is 32.1. The molecule has 0 spiro atoms. The van der Waals surface area contributed by atoms with Crippen LogP contribution in [0.1, 0.15) is 28.6 Å². The minimum Gasteiger partial charge on any atom is -0.298 e. The molecule has 0 unspecified atom stereocenters. The zero-order chi connectivity index (χ0) is 13.5. The molecule has 0 N–H and O–H groups in total. The van der Waals surface area contributed by atoms with Gasteiger partial charge in [-0.1, -0.05) is 0 Å². The molecule has 0 aromatic carbocycles. The minimum atomic E-state index is 0.576. The van der Waals surface area contributed by atoms with E-state index in [0.717, 1.165) is 19.6 Å². The lowest BCUT2D eigenvalue weighted by Gasteiger charge is -2.14. The number of thiazole rings is 2. The molecule has 4 nitrogen and oxygen atoms in total. The third-order valence-corrected chi connectivity index (χ3v) is 5.87. The van der Waals surface area contributed by atoms with Crippen LogP contribution in [-0.4, -0.2) is 32.4 Å². The van der Waals surface area contributed by atoms with Gasteiger partial charge in [-0.2, -0.15) is 0 Å². The highest BCUT2D eigenvalue weighted by molar-refractivity contribution is 7.15. The van der Waals surface area contributed by atoms with E-state index in [0.29, 0.717) is 5.92 Å². The van der Waals surface area contributed by atoms with Crippen molar-refractivity contribution in [3.63, 3.8) is 0 Å². The summed E-state index contributed by atoms with van der Waals surface area (Å²) in [6.45, 7) is 5.41. The van der Waals surface area contributed by atoms with Crippen LogP contribution < -0.4 is 0 Å². The van der Waals surface area contributed by atoms with Crippen molar-refractivity contribution in [1.29, 1.82) is 0 Å². The Labute approximate surface area is 125 Å². The topological polar surface area (TPSA) is 33.4 Å². The summed E-state index contributed by atoms with van der Waals surface area (Å²) >= 11 is 3.56. The summed E-state index contributed by atoms with van der Waals surface area (Å²) in [6.07, 6.45) is 5.24. The van der Waals surface area contributed by atoms with Crippen LogP contribution in [0.4, 0.5) is 0 Å². The SMILES string of the molecule is Cc1ncsc1CN1CC[C@H](c2ncn3ccsc23)C1. The lowest BCUT2D eigenvalue weighted by Crippen LogP contribution is -2.19. The summed E-state index contributed by atoms with van der Waals surface area (Å²) in [6, 6.07) is 0. The number of fused-ring (bicyclic) bond motifs is 1. The Morgan fingerprint density at radius 3 is 3.15 bits per heavy atom. The Morgan fingerprint density at radius 2 is 2.30 bits per heavy atom. The molecule has 1 atom stereocenters. The second-order valence-electron chi connectivity index (χ2n) is 5.33. The quantitative estimate of drug-likeness (QED) is 0.745. The van der Waals surface area contributed by atoms with Crippen molar-refractivity contribution in [2.45, 2.75) is 25.8 Å². The van der Waals surface area contributed by atoms with E-state index in [1.807, 2.05) is 11.8 Å². The van der Waals surface area contributed by atoms with E-state index >= 15 is 0 Å². The molecule has 20 heavy (non-hydrogen) atoms. The number of nitrogens with zero attached hydrogens (tertiary/aromatic N) is 4. The van der Waals surface area contributed by atoms with Gasteiger partial charge >= 0.3 is 0 Å². The Hall–Kier alpha value is -1.24. The average Bonchev–Trinajstić information content (AvgIpc) is 3.15. The molecule has 1 aliphatic heterocycles. The number of likely N-dealkylation sites (tertiary alicyclic amines) is 1. The van der Waals surface area contributed by atoms with E-state index in [1.54, 1.807) is 22.7 Å². The van der Waals surface area contributed by atoms with Crippen molar-refractivity contribution >= 4 is 27.5 Å². The Balaban J connectivity index is 1.51. The average molecular weight is 304 g/mol. The molecular weight excluding hydrogens is 288 g/mol. The van der Waals surface area contributed by atoms with Gasteiger partial charge in [0.2, 0.25) is 0 Å². The molecule has 104 valence electrons. The van der Waals surface area contributed by atoms with Gasteiger partial charge in [0.25, 0.3) is 0 Å². The van der Waals surface area contributed by atoms with Crippen molar-refractivity contribution in [2.24, 2.45) is 0 Å². The van der Waals surface area contributed by atoms with Gasteiger partial charge < -0.3 is 0 Å². The van der Waals surface area contributed by atoms with Gasteiger partial charge in [-0.3, -0.25) is 9.30 Å². The predicted octanol–water partition coefficient (Wildman–Crippen LogP) is 3.15. The summed E-state index contributed by atoms with van der Waals surface area (Å²) in [5, 5.41) is 2.13. The van der Waals surface area contributed by atoms with Crippen LogP contribution in [-0.2, 0) is 6.54 Å². The van der Waals surface area contributed by atoms with Crippen LogP contribution in [0, 0.1) is 6.92 Å². The molecule has 0 aliphatic carbocycles. The molecule has 0 amide bonds. The predicted molar refractivity (Wildman–Crippen MR) is 82.6 cm³/mol.